The third kappa shape index (κ3) is 7.19. The Bertz CT molecular complexity index is 1430. The van der Waals surface area contributed by atoms with E-state index in [0.29, 0.717) is 35.4 Å². The molecule has 0 atom stereocenters. The molecule has 1 N–H and O–H groups in total. The fourth-order valence-electron chi connectivity index (χ4n) is 3.29. The second kappa shape index (κ2) is 12.7. The molecule has 186 valence electrons. The van der Waals surface area contributed by atoms with Crippen LogP contribution in [0.1, 0.15) is 5.56 Å². The van der Waals surface area contributed by atoms with Gasteiger partial charge in [0.05, 0.1) is 12.8 Å². The highest BCUT2D eigenvalue weighted by molar-refractivity contribution is 9.10. The van der Waals surface area contributed by atoms with Crippen molar-refractivity contribution in [3.63, 3.8) is 0 Å². The molecule has 0 fully saturated rings. The highest BCUT2D eigenvalue weighted by atomic mass is 79.9. The van der Waals surface area contributed by atoms with Crippen molar-refractivity contribution in [2.24, 2.45) is 0 Å². The largest absolute Gasteiger partial charge is 0.493 e. The maximum atomic E-state index is 12.7. The van der Waals surface area contributed by atoms with Gasteiger partial charge in [-0.25, -0.2) is 4.98 Å². The van der Waals surface area contributed by atoms with Crippen LogP contribution in [0, 0.1) is 11.3 Å². The maximum absolute atomic E-state index is 12.7. The zero-order valence-corrected chi connectivity index (χ0v) is 22.2. The van der Waals surface area contributed by atoms with Gasteiger partial charge in [0.1, 0.15) is 30.6 Å². The molecule has 1 amide bonds. The van der Waals surface area contributed by atoms with Crippen molar-refractivity contribution in [3.05, 3.63) is 93.8 Å². The molecule has 37 heavy (non-hydrogen) atoms. The second-order valence-electron chi connectivity index (χ2n) is 7.59. The lowest BCUT2D eigenvalue weighted by Gasteiger charge is -2.12. The van der Waals surface area contributed by atoms with Crippen LogP contribution in [0.3, 0.4) is 0 Å². The number of aromatic nitrogens is 1. The van der Waals surface area contributed by atoms with E-state index in [1.54, 1.807) is 18.2 Å². The summed E-state index contributed by atoms with van der Waals surface area (Å²) in [5.41, 5.74) is 2.26. The lowest BCUT2D eigenvalue weighted by molar-refractivity contribution is -0.112. The first-order chi connectivity index (χ1) is 18.1. The average Bonchev–Trinajstić information content (AvgIpc) is 3.40. The number of nitrogens with zero attached hydrogens (tertiary/aromatic N) is 2. The van der Waals surface area contributed by atoms with E-state index < -0.39 is 5.91 Å². The van der Waals surface area contributed by atoms with Gasteiger partial charge in [0.2, 0.25) is 0 Å². The molecule has 0 bridgehead atoms. The minimum Gasteiger partial charge on any atom is -0.493 e. The Morgan fingerprint density at radius 2 is 1.81 bits per heavy atom. The van der Waals surface area contributed by atoms with Crippen molar-refractivity contribution in [1.82, 2.24) is 4.98 Å². The minimum absolute atomic E-state index is 0.0601. The molecule has 4 aromatic rings. The molecular weight excluding hydrogens is 554 g/mol. The Morgan fingerprint density at radius 3 is 2.54 bits per heavy atom. The summed E-state index contributed by atoms with van der Waals surface area (Å²) in [7, 11) is 1.53. The molecule has 4 rings (SSSR count). The van der Waals surface area contributed by atoms with Gasteiger partial charge in [-0.2, -0.15) is 5.26 Å². The molecule has 1 aromatic heterocycles. The van der Waals surface area contributed by atoms with Crippen molar-refractivity contribution in [2.45, 2.75) is 0 Å². The highest BCUT2D eigenvalue weighted by Crippen LogP contribution is 2.29. The Morgan fingerprint density at radius 1 is 1.05 bits per heavy atom. The van der Waals surface area contributed by atoms with Crippen molar-refractivity contribution >= 4 is 44.4 Å². The van der Waals surface area contributed by atoms with Gasteiger partial charge in [-0.1, -0.05) is 52.3 Å². The Hall–Kier alpha value is -4.13. The first-order valence-corrected chi connectivity index (χ1v) is 12.9. The molecule has 0 unspecified atom stereocenters. The fourth-order valence-corrected chi connectivity index (χ4v) is 4.27. The number of halogens is 1. The van der Waals surface area contributed by atoms with E-state index in [-0.39, 0.29) is 5.57 Å². The van der Waals surface area contributed by atoms with Crippen LogP contribution in [0.5, 0.6) is 17.2 Å². The summed E-state index contributed by atoms with van der Waals surface area (Å²) in [5, 5.41) is 14.6. The van der Waals surface area contributed by atoms with Crippen LogP contribution in [0.15, 0.2) is 88.2 Å². The number of rotatable bonds is 10. The maximum Gasteiger partial charge on any atom is 0.268 e. The van der Waals surface area contributed by atoms with Crippen LogP contribution < -0.4 is 19.5 Å². The second-order valence-corrected chi connectivity index (χ2v) is 9.36. The molecular formula is C28H22BrN3O4S. The number of carbonyl (C=O) groups is 1. The third-order valence-corrected chi connectivity index (χ3v) is 6.37. The van der Waals surface area contributed by atoms with E-state index in [0.717, 1.165) is 21.5 Å². The number of nitriles is 1. The standard InChI is InChI=1S/C28H22BrN3O4S/c1-34-26-16-19(7-12-25(26)36-14-13-35-23-10-8-22(29)9-11-23)15-21(17-30)27(33)32-28-31-24(18-37-28)20-5-3-2-4-6-20/h2-12,15-16,18H,13-14H2,1H3,(H,31,32,33). The summed E-state index contributed by atoms with van der Waals surface area (Å²) in [4.78, 5) is 17.2. The lowest BCUT2D eigenvalue weighted by Crippen LogP contribution is -2.13. The number of hydrogen-bond acceptors (Lipinski definition) is 7. The first-order valence-electron chi connectivity index (χ1n) is 11.2. The minimum atomic E-state index is -0.541. The predicted octanol–water partition coefficient (Wildman–Crippen LogP) is 6.58. The third-order valence-electron chi connectivity index (χ3n) is 5.08. The monoisotopic (exact) mass is 575 g/mol. The number of nitrogens with one attached hydrogen (secondary N) is 1. The molecule has 3 aromatic carbocycles. The van der Waals surface area contributed by atoms with Crippen molar-refractivity contribution < 1.29 is 19.0 Å². The normalized spacial score (nSPS) is 10.9. The Kier molecular flexibility index (Phi) is 8.92. The molecule has 7 nitrogen and oxygen atoms in total. The zero-order valence-electron chi connectivity index (χ0n) is 19.8. The van der Waals surface area contributed by atoms with Gasteiger partial charge in [-0.3, -0.25) is 10.1 Å². The number of benzene rings is 3. The Balaban J connectivity index is 1.37. The molecule has 0 aliphatic carbocycles. The van der Waals surface area contributed by atoms with Gasteiger partial charge in [0.25, 0.3) is 5.91 Å². The van der Waals surface area contributed by atoms with Crippen molar-refractivity contribution in [2.75, 3.05) is 25.6 Å². The molecule has 0 radical (unpaired) electrons. The SMILES string of the molecule is COc1cc(C=C(C#N)C(=O)Nc2nc(-c3ccccc3)cs2)ccc1OCCOc1ccc(Br)cc1. The molecule has 0 saturated heterocycles. The molecule has 0 saturated carbocycles. The predicted molar refractivity (Wildman–Crippen MR) is 148 cm³/mol. The van der Waals surface area contributed by atoms with Crippen LogP contribution >= 0.6 is 27.3 Å². The zero-order chi connectivity index (χ0) is 26.0. The average molecular weight is 576 g/mol. The number of ether oxygens (including phenoxy) is 3. The fraction of sp³-hybridized carbons (Fsp3) is 0.107. The lowest BCUT2D eigenvalue weighted by atomic mass is 10.1. The van der Waals surface area contributed by atoms with Gasteiger partial charge in [0, 0.05) is 15.4 Å². The van der Waals surface area contributed by atoms with Crippen molar-refractivity contribution in [1.29, 1.82) is 5.26 Å². The van der Waals surface area contributed by atoms with Gasteiger partial charge in [0.15, 0.2) is 16.6 Å². The van der Waals surface area contributed by atoms with Crippen LogP contribution in [0.2, 0.25) is 0 Å². The number of anilines is 1. The van der Waals surface area contributed by atoms with E-state index in [2.05, 4.69) is 26.2 Å². The summed E-state index contributed by atoms with van der Waals surface area (Å²) in [6, 6.07) is 24.3. The van der Waals surface area contributed by atoms with Crippen LogP contribution in [-0.4, -0.2) is 31.2 Å². The van der Waals surface area contributed by atoms with Crippen LogP contribution in [0.4, 0.5) is 5.13 Å². The van der Waals surface area contributed by atoms with Crippen LogP contribution in [0.25, 0.3) is 17.3 Å². The van der Waals surface area contributed by atoms with E-state index in [9.17, 15) is 10.1 Å². The molecule has 0 aliphatic heterocycles. The quantitative estimate of drug-likeness (QED) is 0.130. The van der Waals surface area contributed by atoms with Gasteiger partial charge >= 0.3 is 0 Å². The van der Waals surface area contributed by atoms with Gasteiger partial charge in [-0.05, 0) is 48.0 Å². The first kappa shape index (κ1) is 25.9. The van der Waals surface area contributed by atoms with E-state index in [4.69, 9.17) is 14.2 Å². The summed E-state index contributed by atoms with van der Waals surface area (Å²) >= 11 is 4.68. The van der Waals surface area contributed by atoms with E-state index >= 15 is 0 Å². The molecule has 1 heterocycles. The van der Waals surface area contributed by atoms with E-state index in [1.807, 2.05) is 66.0 Å². The summed E-state index contributed by atoms with van der Waals surface area (Å²) in [5.74, 6) is 1.21. The Labute approximate surface area is 227 Å². The summed E-state index contributed by atoms with van der Waals surface area (Å²) < 4.78 is 17.9. The van der Waals surface area contributed by atoms with E-state index in [1.165, 1.54) is 24.5 Å². The summed E-state index contributed by atoms with van der Waals surface area (Å²) in [6.07, 6.45) is 1.49. The number of carbonyl (C=O) groups excluding carboxylic acids is 1. The van der Waals surface area contributed by atoms with Gasteiger partial charge < -0.3 is 14.2 Å². The highest BCUT2D eigenvalue weighted by Gasteiger charge is 2.14. The topological polar surface area (TPSA) is 93.5 Å². The van der Waals surface area contributed by atoms with Crippen LogP contribution in [-0.2, 0) is 4.79 Å². The van der Waals surface area contributed by atoms with Gasteiger partial charge in [-0.15, -0.1) is 11.3 Å². The smallest absolute Gasteiger partial charge is 0.268 e. The number of hydrogen-bond donors (Lipinski definition) is 1. The summed E-state index contributed by atoms with van der Waals surface area (Å²) in [6.45, 7) is 0.667. The molecule has 0 spiro atoms. The van der Waals surface area contributed by atoms with Crippen molar-refractivity contribution in [3.8, 4) is 34.6 Å². The number of thiazole rings is 1. The number of methoxy groups -OCH3 is 1. The molecule has 0 aliphatic rings. The number of amides is 1. The molecule has 9 heteroatoms.